The van der Waals surface area contributed by atoms with Gasteiger partial charge in [-0.05, 0) is 29.7 Å². The lowest BCUT2D eigenvalue weighted by Crippen LogP contribution is -2.49. The third-order valence-electron chi connectivity index (χ3n) is 4.78. The van der Waals surface area contributed by atoms with Gasteiger partial charge >= 0.3 is 0 Å². The van der Waals surface area contributed by atoms with Crippen LogP contribution in [0.25, 0.3) is 0 Å². The van der Waals surface area contributed by atoms with Crippen molar-refractivity contribution in [1.82, 2.24) is 4.90 Å². The Labute approximate surface area is 162 Å². The zero-order valence-corrected chi connectivity index (χ0v) is 15.7. The highest BCUT2D eigenvalue weighted by atomic mass is 19.3. The Kier molecular flexibility index (Phi) is 5.92. The molecule has 1 heterocycles. The number of hydrogen-bond acceptors (Lipinski definition) is 3. The molecule has 28 heavy (non-hydrogen) atoms. The van der Waals surface area contributed by atoms with E-state index >= 15 is 0 Å². The van der Waals surface area contributed by atoms with Crippen LogP contribution in [0.2, 0.25) is 0 Å². The molecule has 2 amide bonds. The Morgan fingerprint density at radius 2 is 1.93 bits per heavy atom. The number of benzene rings is 2. The number of fused-ring (bicyclic) bond motifs is 1. The highest BCUT2D eigenvalue weighted by molar-refractivity contribution is 5.97. The van der Waals surface area contributed by atoms with Crippen molar-refractivity contribution < 1.29 is 23.1 Å². The molecule has 1 atom stereocenters. The minimum atomic E-state index is -2.58. The number of carbonyl (C=O) groups excluding carboxylic acids is 2. The molecule has 5 nitrogen and oxygen atoms in total. The van der Waals surface area contributed by atoms with Crippen molar-refractivity contribution in [2.75, 3.05) is 11.9 Å². The first-order valence-corrected chi connectivity index (χ1v) is 9.01. The molecule has 1 aliphatic heterocycles. The SMILES string of the molecule is CC(=O)N1Cc2ccccc2CC1C(=O)Nc1ccc(C)c(OCC(F)F)c1. The Hall–Kier alpha value is -2.96. The number of anilines is 1. The van der Waals surface area contributed by atoms with E-state index in [0.29, 0.717) is 24.2 Å². The van der Waals surface area contributed by atoms with E-state index < -0.39 is 19.1 Å². The first-order valence-electron chi connectivity index (χ1n) is 9.01. The highest BCUT2D eigenvalue weighted by Gasteiger charge is 2.33. The van der Waals surface area contributed by atoms with Crippen LogP contribution in [0, 0.1) is 6.92 Å². The van der Waals surface area contributed by atoms with Crippen molar-refractivity contribution in [2.45, 2.75) is 39.3 Å². The van der Waals surface area contributed by atoms with Gasteiger partial charge in [0.15, 0.2) is 0 Å². The van der Waals surface area contributed by atoms with Crippen LogP contribution in [0.3, 0.4) is 0 Å². The number of carbonyl (C=O) groups is 2. The lowest BCUT2D eigenvalue weighted by atomic mass is 9.93. The zero-order valence-electron chi connectivity index (χ0n) is 15.7. The highest BCUT2D eigenvalue weighted by Crippen LogP contribution is 2.26. The summed E-state index contributed by atoms with van der Waals surface area (Å²) in [5.74, 6) is -0.219. The molecule has 0 aliphatic carbocycles. The molecule has 0 aromatic heterocycles. The molecule has 3 rings (SSSR count). The molecule has 1 unspecified atom stereocenters. The maximum Gasteiger partial charge on any atom is 0.272 e. The smallest absolute Gasteiger partial charge is 0.272 e. The predicted octanol–water partition coefficient (Wildman–Crippen LogP) is 3.55. The van der Waals surface area contributed by atoms with Crippen LogP contribution < -0.4 is 10.1 Å². The fraction of sp³-hybridized carbons (Fsp3) is 0.333. The molecule has 0 saturated heterocycles. The van der Waals surface area contributed by atoms with Gasteiger partial charge in [-0.2, -0.15) is 0 Å². The molecule has 0 spiro atoms. The average Bonchev–Trinajstić information content (AvgIpc) is 2.67. The van der Waals surface area contributed by atoms with E-state index in [9.17, 15) is 18.4 Å². The van der Waals surface area contributed by atoms with E-state index in [0.717, 1.165) is 11.1 Å². The molecule has 7 heteroatoms. The first-order chi connectivity index (χ1) is 13.3. The number of aryl methyl sites for hydroxylation is 1. The maximum absolute atomic E-state index is 12.9. The summed E-state index contributed by atoms with van der Waals surface area (Å²) in [4.78, 5) is 26.5. The largest absolute Gasteiger partial charge is 0.487 e. The van der Waals surface area contributed by atoms with Gasteiger partial charge in [-0.15, -0.1) is 0 Å². The molecule has 1 N–H and O–H groups in total. The maximum atomic E-state index is 12.9. The molecule has 0 fully saturated rings. The number of ether oxygens (including phenoxy) is 1. The van der Waals surface area contributed by atoms with Crippen LogP contribution in [0.15, 0.2) is 42.5 Å². The average molecular weight is 388 g/mol. The monoisotopic (exact) mass is 388 g/mol. The van der Waals surface area contributed by atoms with Gasteiger partial charge in [0.05, 0.1) is 0 Å². The fourth-order valence-corrected chi connectivity index (χ4v) is 3.30. The van der Waals surface area contributed by atoms with Gasteiger partial charge in [0, 0.05) is 31.6 Å². The van der Waals surface area contributed by atoms with Crippen molar-refractivity contribution in [2.24, 2.45) is 0 Å². The number of nitrogens with zero attached hydrogens (tertiary/aromatic N) is 1. The van der Waals surface area contributed by atoms with Gasteiger partial charge in [0.2, 0.25) is 11.8 Å². The number of amides is 2. The summed E-state index contributed by atoms with van der Waals surface area (Å²) in [6.07, 6.45) is -2.16. The van der Waals surface area contributed by atoms with Gasteiger partial charge in [-0.1, -0.05) is 30.3 Å². The second kappa shape index (κ2) is 8.37. The van der Waals surface area contributed by atoms with Gasteiger partial charge in [-0.3, -0.25) is 9.59 Å². The summed E-state index contributed by atoms with van der Waals surface area (Å²) in [6, 6.07) is 12.0. The molecular formula is C21H22F2N2O3. The summed E-state index contributed by atoms with van der Waals surface area (Å²) < 4.78 is 29.9. The van der Waals surface area contributed by atoms with Crippen molar-refractivity contribution >= 4 is 17.5 Å². The van der Waals surface area contributed by atoms with Gasteiger partial charge in [0.1, 0.15) is 18.4 Å². The molecule has 0 saturated carbocycles. The van der Waals surface area contributed by atoms with E-state index in [1.807, 2.05) is 24.3 Å². The molecule has 2 aromatic carbocycles. The Morgan fingerprint density at radius 1 is 1.21 bits per heavy atom. The minimum absolute atomic E-state index is 0.181. The quantitative estimate of drug-likeness (QED) is 0.852. The lowest BCUT2D eigenvalue weighted by Gasteiger charge is -2.35. The normalized spacial score (nSPS) is 15.9. The zero-order chi connectivity index (χ0) is 20.3. The third-order valence-corrected chi connectivity index (χ3v) is 4.78. The van der Waals surface area contributed by atoms with Gasteiger partial charge < -0.3 is 15.0 Å². The van der Waals surface area contributed by atoms with E-state index in [-0.39, 0.29) is 17.6 Å². The first kappa shape index (κ1) is 19.8. The van der Waals surface area contributed by atoms with Crippen molar-refractivity contribution in [3.63, 3.8) is 0 Å². The topological polar surface area (TPSA) is 58.6 Å². The van der Waals surface area contributed by atoms with Crippen molar-refractivity contribution in [3.05, 3.63) is 59.2 Å². The second-order valence-electron chi connectivity index (χ2n) is 6.81. The molecule has 2 aromatic rings. The summed E-state index contributed by atoms with van der Waals surface area (Å²) in [5.41, 5.74) is 3.18. The van der Waals surface area contributed by atoms with Crippen LogP contribution in [0.1, 0.15) is 23.6 Å². The molecule has 148 valence electrons. The van der Waals surface area contributed by atoms with Crippen LogP contribution in [0.4, 0.5) is 14.5 Å². The number of rotatable bonds is 5. The predicted molar refractivity (Wildman–Crippen MR) is 101 cm³/mol. The third kappa shape index (κ3) is 4.47. The van der Waals surface area contributed by atoms with Crippen molar-refractivity contribution in [1.29, 1.82) is 0 Å². The minimum Gasteiger partial charge on any atom is -0.487 e. The summed E-state index contributed by atoms with van der Waals surface area (Å²) in [6.45, 7) is 2.84. The van der Waals surface area contributed by atoms with E-state index in [1.165, 1.54) is 13.0 Å². The Bertz CT molecular complexity index is 886. The second-order valence-corrected chi connectivity index (χ2v) is 6.81. The summed E-state index contributed by atoms with van der Waals surface area (Å²) in [5, 5.41) is 2.78. The van der Waals surface area contributed by atoms with Crippen LogP contribution in [0.5, 0.6) is 5.75 Å². The number of hydrogen-bond donors (Lipinski definition) is 1. The number of alkyl halides is 2. The van der Waals surface area contributed by atoms with E-state index in [4.69, 9.17) is 4.74 Å². The van der Waals surface area contributed by atoms with Gasteiger partial charge in [0.25, 0.3) is 6.43 Å². The van der Waals surface area contributed by atoms with E-state index in [1.54, 1.807) is 24.0 Å². The van der Waals surface area contributed by atoms with Crippen LogP contribution in [-0.2, 0) is 22.6 Å². The van der Waals surface area contributed by atoms with Crippen molar-refractivity contribution in [3.8, 4) is 5.75 Å². The van der Waals surface area contributed by atoms with Gasteiger partial charge in [-0.25, -0.2) is 8.78 Å². The summed E-state index contributed by atoms with van der Waals surface area (Å²) in [7, 11) is 0. The molecule has 0 bridgehead atoms. The molecule has 1 aliphatic rings. The number of halogens is 2. The standard InChI is InChI=1S/C21H22F2N2O3/c1-13-7-8-17(10-19(13)28-12-20(22)23)24-21(27)18-9-15-5-3-4-6-16(15)11-25(18)14(2)26/h3-8,10,18,20H,9,11-12H2,1-2H3,(H,24,27). The molecule has 0 radical (unpaired) electrons. The Balaban J connectivity index is 1.78. The lowest BCUT2D eigenvalue weighted by molar-refractivity contribution is -0.138. The van der Waals surface area contributed by atoms with Crippen LogP contribution in [-0.4, -0.2) is 35.8 Å². The molecular weight excluding hydrogens is 366 g/mol. The number of nitrogens with one attached hydrogen (secondary N) is 1. The van der Waals surface area contributed by atoms with Crippen LogP contribution >= 0.6 is 0 Å². The van der Waals surface area contributed by atoms with E-state index in [2.05, 4.69) is 5.32 Å². The summed E-state index contributed by atoms with van der Waals surface area (Å²) >= 11 is 0. The Morgan fingerprint density at radius 3 is 2.61 bits per heavy atom. The fourth-order valence-electron chi connectivity index (χ4n) is 3.30.